The average Bonchev–Trinajstić information content (AvgIpc) is 3.84. The molecule has 3 aliphatic rings. The van der Waals surface area contributed by atoms with Crippen molar-refractivity contribution < 1.29 is 150 Å². The van der Waals surface area contributed by atoms with Gasteiger partial charge >= 0.3 is 66.9 Å². The molecule has 1 unspecified atom stereocenters. The van der Waals surface area contributed by atoms with E-state index in [0.29, 0.717) is 0 Å². The van der Waals surface area contributed by atoms with Crippen molar-refractivity contribution in [2.24, 2.45) is 0 Å². The molecule has 33 nitrogen and oxygen atoms in total. The number of hydrogen-bond donors (Lipinski definition) is 9. The Morgan fingerprint density at radius 1 is 0.958 bits per heavy atom. The number of amides is 1. The van der Waals surface area contributed by atoms with Crippen LogP contribution in [0.1, 0.15) is 46.0 Å². The van der Waals surface area contributed by atoms with Gasteiger partial charge in [0.1, 0.15) is 73.4 Å². The Hall–Kier alpha value is -4.65. The molecule has 0 aromatic carbocycles. The van der Waals surface area contributed by atoms with Gasteiger partial charge in [0.15, 0.2) is 30.8 Å². The van der Waals surface area contributed by atoms with Crippen LogP contribution in [-0.4, -0.2) is 201 Å². The van der Waals surface area contributed by atoms with E-state index in [1.165, 1.54) is 0 Å². The summed E-state index contributed by atoms with van der Waals surface area (Å²) in [6.07, 6.45) is -22.9. The molecular weight excluding hydrogens is 1010 g/mol. The Morgan fingerprint density at radius 2 is 1.60 bits per heavy atom. The predicted molar refractivity (Wildman–Crippen MR) is 217 cm³/mol. The van der Waals surface area contributed by atoms with E-state index in [1.807, 2.05) is 0 Å². The maximum absolute atomic E-state index is 13.4. The quantitative estimate of drug-likeness (QED) is 0.0243. The monoisotopic (exact) mass is 1060 g/mol. The van der Waals surface area contributed by atoms with Crippen molar-refractivity contribution in [2.75, 3.05) is 25.6 Å². The summed E-state index contributed by atoms with van der Waals surface area (Å²) in [5, 5.41) is 85.6. The third-order valence-electron chi connectivity index (χ3n) is 10.5. The number of aliphatic carboxylic acids is 1. The van der Waals surface area contributed by atoms with Crippen molar-refractivity contribution in [1.29, 1.82) is 0 Å². The average molecular weight is 1060 g/mol. The number of anilines is 1. The van der Waals surface area contributed by atoms with Crippen LogP contribution in [0.2, 0.25) is 0 Å². The van der Waals surface area contributed by atoms with Crippen LogP contribution in [0.4, 0.5) is 5.82 Å². The van der Waals surface area contributed by atoms with Crippen LogP contribution in [0, 0.1) is 0 Å². The van der Waals surface area contributed by atoms with Gasteiger partial charge in [-0.1, -0.05) is 5.21 Å². The standard InChI is InChI=1S/C37H52N7O26P.Na/c1-14(46)61-12-22-29(64-15(2)47)31(65-16(3)48)32(66-17(4)49)34(68-22)62-11-18-8-43(42-41-18)9-24(52)40-25-19(50)7-37(35(56)57,69-30(25)26(53)20(51)10-45)70-71(59,60)63-13-21-27(54)28(55)33(67-21)44-6-5-23(38)39-36(44)58;/h5-6,8,19-22,25-34,45,50-51,53-55H,7,9-13H2,1-4H3,(H,40,52)(H,56,57)(H,59,60)(H2,38,39,58);/q;+1/p-1/t19-,20+,21+,22+,25+,26+,27+,28+,29-,30+,31-,32+,33+,34+,37+;/m0./s1. The number of nitrogens with zero attached hydrogens (tertiary/aromatic N) is 5. The van der Waals surface area contributed by atoms with Crippen LogP contribution < -0.4 is 51.4 Å². The van der Waals surface area contributed by atoms with Crippen LogP contribution >= 0.6 is 7.82 Å². The van der Waals surface area contributed by atoms with Crippen molar-refractivity contribution in [1.82, 2.24) is 29.9 Å². The summed E-state index contributed by atoms with van der Waals surface area (Å²) in [7, 11) is -5.77. The van der Waals surface area contributed by atoms with E-state index in [-0.39, 0.29) is 41.1 Å². The molecule has 2 aromatic heterocycles. The molecule has 16 atom stereocenters. The van der Waals surface area contributed by atoms with E-state index in [4.69, 9.17) is 52.7 Å². The van der Waals surface area contributed by atoms with Crippen molar-refractivity contribution in [3.05, 3.63) is 34.6 Å². The Kier molecular flexibility index (Phi) is 21.2. The van der Waals surface area contributed by atoms with E-state index in [9.17, 15) is 78.8 Å². The molecule has 0 spiro atoms. The first kappa shape index (κ1) is 59.9. The number of carbonyl (C=O) groups excluding carboxylic acids is 6. The van der Waals surface area contributed by atoms with E-state index in [0.717, 1.165) is 55.4 Å². The summed E-state index contributed by atoms with van der Waals surface area (Å²) in [5.74, 6) is -10.7. The van der Waals surface area contributed by atoms with E-state index >= 15 is 0 Å². The Morgan fingerprint density at radius 3 is 2.19 bits per heavy atom. The second-order valence-corrected chi connectivity index (χ2v) is 17.3. The maximum atomic E-state index is 13.4. The first-order valence-electron chi connectivity index (χ1n) is 20.9. The number of carboxylic acid groups (broad SMARTS) is 1. The summed E-state index contributed by atoms with van der Waals surface area (Å²) in [5.41, 5.74) is 4.41. The number of nitrogens with one attached hydrogen (secondary N) is 1. The second-order valence-electron chi connectivity index (χ2n) is 16.0. The molecule has 3 aliphatic heterocycles. The smallest absolute Gasteiger partial charge is 0.544 e. The van der Waals surface area contributed by atoms with Gasteiger partial charge in [0.25, 0.3) is 0 Å². The number of carbonyl (C=O) groups is 6. The summed E-state index contributed by atoms with van der Waals surface area (Å²) in [4.78, 5) is 100. The van der Waals surface area contributed by atoms with Crippen LogP contribution in [0.15, 0.2) is 23.3 Å². The fraction of sp³-hybridized carbons (Fsp3) is 0.676. The molecule has 10 N–H and O–H groups in total. The SMILES string of the molecule is CC(=O)OC[C@H]1O[C@@H](OCc2cn(CC(=O)N[C@H]3[C@H]([C@H](O)[C@H](O)CO)O[C@](OP(=O)(O)OC[C@H]4O[C@@H](n5ccc(N)nc5=O)[C@H](O)[C@@H]4O)(C(=O)[O-])C[C@@H]3O)nn2)[C@H](OC(C)=O)[C@@H](OC(C)=O)[C@H]1OC(C)=O.[Na+]. The van der Waals surface area contributed by atoms with E-state index in [2.05, 4.69) is 20.6 Å². The number of aliphatic hydroxyl groups excluding tert-OH is 6. The fourth-order valence-corrected chi connectivity index (χ4v) is 8.38. The number of phosphoric ester groups is 1. The maximum Gasteiger partial charge on any atom is 1.00 e. The second kappa shape index (κ2) is 25.5. The topological polar surface area (TPSA) is 480 Å². The number of nitrogens with two attached hydrogens (primary N) is 1. The van der Waals surface area contributed by atoms with Gasteiger partial charge in [-0.3, -0.25) is 33.1 Å². The number of aromatic nitrogens is 5. The summed E-state index contributed by atoms with van der Waals surface area (Å²) in [6, 6.07) is -0.745. The number of phosphoric acid groups is 1. The van der Waals surface area contributed by atoms with E-state index in [1.54, 1.807) is 0 Å². The van der Waals surface area contributed by atoms with Gasteiger partial charge in [-0.15, -0.1) is 5.10 Å². The Balaban J connectivity index is 0.0000112. The van der Waals surface area contributed by atoms with Gasteiger partial charge < -0.3 is 94.4 Å². The van der Waals surface area contributed by atoms with Gasteiger partial charge in [0, 0.05) is 40.3 Å². The zero-order chi connectivity index (χ0) is 52.7. The number of esters is 4. The first-order chi connectivity index (χ1) is 33.2. The number of aliphatic hydroxyl groups is 6. The van der Waals surface area contributed by atoms with Crippen molar-refractivity contribution in [3.63, 3.8) is 0 Å². The largest absolute Gasteiger partial charge is 1.00 e. The van der Waals surface area contributed by atoms with Gasteiger partial charge in [0.05, 0.1) is 38.2 Å². The molecule has 0 radical (unpaired) electrons. The number of ether oxygens (including phenoxy) is 8. The van der Waals surface area contributed by atoms with Crippen LogP contribution in [0.25, 0.3) is 0 Å². The van der Waals surface area contributed by atoms with Crippen LogP contribution in [-0.2, 0) is 93.4 Å². The number of hydrogen-bond acceptors (Lipinski definition) is 29. The van der Waals surface area contributed by atoms with Gasteiger partial charge in [-0.25, -0.2) is 18.6 Å². The molecule has 0 bridgehead atoms. The molecule has 2 aromatic rings. The van der Waals surface area contributed by atoms with Gasteiger partial charge in [-0.2, -0.15) is 4.98 Å². The number of carboxylic acids is 1. The normalized spacial score (nSPS) is 30.9. The molecule has 72 heavy (non-hydrogen) atoms. The molecule has 5 heterocycles. The Bertz CT molecular complexity index is 2360. The molecule has 3 saturated heterocycles. The predicted octanol–water partition coefficient (Wildman–Crippen LogP) is -10.7. The zero-order valence-electron chi connectivity index (χ0n) is 38.7. The molecule has 0 saturated carbocycles. The van der Waals surface area contributed by atoms with E-state index < -0.39 is 180 Å². The number of nitrogen functional groups attached to an aromatic ring is 1. The van der Waals surface area contributed by atoms with Crippen LogP contribution in [0.3, 0.4) is 0 Å². The van der Waals surface area contributed by atoms with Gasteiger partial charge in [0.2, 0.25) is 11.7 Å². The third-order valence-corrected chi connectivity index (χ3v) is 11.5. The zero-order valence-corrected chi connectivity index (χ0v) is 41.6. The molecule has 396 valence electrons. The first-order valence-corrected chi connectivity index (χ1v) is 22.4. The molecule has 3 fully saturated rings. The minimum atomic E-state index is -5.77. The minimum absolute atomic E-state index is 0. The summed E-state index contributed by atoms with van der Waals surface area (Å²) in [6.45, 7) is -0.0690. The minimum Gasteiger partial charge on any atom is -0.544 e. The van der Waals surface area contributed by atoms with Crippen molar-refractivity contribution in [3.8, 4) is 0 Å². The van der Waals surface area contributed by atoms with Crippen LogP contribution in [0.5, 0.6) is 0 Å². The fourth-order valence-electron chi connectivity index (χ4n) is 7.42. The molecule has 5 rings (SSSR count). The van der Waals surface area contributed by atoms with Crippen molar-refractivity contribution in [2.45, 2.75) is 139 Å². The molecule has 1 amide bonds. The Labute approximate surface area is 427 Å². The van der Waals surface area contributed by atoms with Crippen molar-refractivity contribution >= 4 is 49.4 Å². The summed E-state index contributed by atoms with van der Waals surface area (Å²) >= 11 is 0. The third kappa shape index (κ3) is 15.2. The molecule has 0 aliphatic carbocycles. The summed E-state index contributed by atoms with van der Waals surface area (Å²) < 4.78 is 68.0. The molecule has 35 heteroatoms. The number of rotatable bonds is 21. The van der Waals surface area contributed by atoms with Gasteiger partial charge in [-0.05, 0) is 6.07 Å². The molecular formula is C37H51N7NaO26P.